The summed E-state index contributed by atoms with van der Waals surface area (Å²) in [5.41, 5.74) is 2.45. The van der Waals surface area contributed by atoms with E-state index in [2.05, 4.69) is 4.98 Å². The number of rotatable bonds is 2. The van der Waals surface area contributed by atoms with Gasteiger partial charge < -0.3 is 9.84 Å². The molecule has 3 nitrogen and oxygen atoms in total. The number of fused-ring (bicyclic) bond motifs is 1. The molecule has 2 heterocycles. The molecule has 6 heteroatoms. The molecule has 1 aliphatic rings. The summed E-state index contributed by atoms with van der Waals surface area (Å²) in [7, 11) is 0. The van der Waals surface area contributed by atoms with Gasteiger partial charge in [-0.3, -0.25) is 0 Å². The molecule has 0 radical (unpaired) electrons. The lowest BCUT2D eigenvalue weighted by molar-refractivity contribution is 0.0264. The van der Waals surface area contributed by atoms with Gasteiger partial charge in [0.15, 0.2) is 0 Å². The van der Waals surface area contributed by atoms with Gasteiger partial charge >= 0.3 is 0 Å². The summed E-state index contributed by atoms with van der Waals surface area (Å²) in [5, 5.41) is 12.1. The number of aryl methyl sites for hydroxylation is 1. The van der Waals surface area contributed by atoms with E-state index in [1.54, 1.807) is 31.2 Å². The zero-order valence-electron chi connectivity index (χ0n) is 13.8. The highest BCUT2D eigenvalue weighted by Crippen LogP contribution is 2.52. The van der Waals surface area contributed by atoms with Gasteiger partial charge in [-0.15, -0.1) is 0 Å². The van der Waals surface area contributed by atoms with E-state index in [1.165, 1.54) is 0 Å². The first-order valence-corrected chi connectivity index (χ1v) is 9.11. The lowest BCUT2D eigenvalue weighted by Crippen LogP contribution is -2.29. The number of halogens is 3. The van der Waals surface area contributed by atoms with E-state index < -0.39 is 5.60 Å². The fraction of sp³-hybridized carbons (Fsp3) is 0.150. The number of hydrogen-bond donors (Lipinski definition) is 1. The predicted molar refractivity (Wildman–Crippen MR) is 103 cm³/mol. The molecule has 0 amide bonds. The molecule has 2 aromatic carbocycles. The van der Waals surface area contributed by atoms with Crippen LogP contribution in [-0.2, 0) is 16.9 Å². The van der Waals surface area contributed by atoms with Crippen LogP contribution in [0.3, 0.4) is 0 Å². The van der Waals surface area contributed by atoms with Gasteiger partial charge in [-0.05, 0) is 42.3 Å². The number of nitrogens with zero attached hydrogens (tertiary/aromatic N) is 1. The van der Waals surface area contributed by atoms with Crippen LogP contribution < -0.4 is 0 Å². The molecule has 0 spiro atoms. The van der Waals surface area contributed by atoms with Crippen LogP contribution >= 0.6 is 34.8 Å². The van der Waals surface area contributed by atoms with Gasteiger partial charge in [0.2, 0.25) is 0 Å². The van der Waals surface area contributed by atoms with Crippen molar-refractivity contribution in [3.63, 3.8) is 0 Å². The van der Waals surface area contributed by atoms with Crippen molar-refractivity contribution in [3.8, 4) is 5.75 Å². The van der Waals surface area contributed by atoms with E-state index in [0.29, 0.717) is 32.0 Å². The maximum Gasteiger partial charge on any atom is 0.147 e. The third kappa shape index (κ3) is 2.58. The normalized spacial score (nSPS) is 15.1. The Morgan fingerprint density at radius 1 is 0.923 bits per heavy atom. The van der Waals surface area contributed by atoms with E-state index in [9.17, 15) is 5.11 Å². The third-order valence-electron chi connectivity index (χ3n) is 4.69. The van der Waals surface area contributed by atoms with Gasteiger partial charge in [-0.1, -0.05) is 59.1 Å². The first kappa shape index (κ1) is 17.6. The summed E-state index contributed by atoms with van der Waals surface area (Å²) >= 11 is 18.7. The molecule has 0 atom stereocenters. The molecule has 0 saturated carbocycles. The van der Waals surface area contributed by atoms with E-state index in [-0.39, 0.29) is 12.4 Å². The second-order valence-corrected chi connectivity index (χ2v) is 7.40. The van der Waals surface area contributed by atoms with Crippen molar-refractivity contribution in [2.45, 2.75) is 19.1 Å². The maximum absolute atomic E-state index is 10.5. The molecule has 132 valence electrons. The van der Waals surface area contributed by atoms with E-state index >= 15 is 0 Å². The van der Waals surface area contributed by atoms with Crippen molar-refractivity contribution in [2.75, 3.05) is 0 Å². The third-order valence-corrected chi connectivity index (χ3v) is 5.47. The zero-order valence-corrected chi connectivity index (χ0v) is 16.0. The maximum atomic E-state index is 10.5. The lowest BCUT2D eigenvalue weighted by atomic mass is 9.80. The molecule has 26 heavy (non-hydrogen) atoms. The second-order valence-electron chi connectivity index (χ2n) is 6.17. The molecule has 0 unspecified atom stereocenters. The molecule has 0 bridgehead atoms. The highest BCUT2D eigenvalue weighted by atomic mass is 35.5. The van der Waals surface area contributed by atoms with Crippen molar-refractivity contribution in [2.24, 2.45) is 0 Å². The molecule has 0 saturated heterocycles. The van der Waals surface area contributed by atoms with Crippen LogP contribution in [0.15, 0.2) is 48.5 Å². The average Bonchev–Trinajstić information content (AvgIpc) is 3.03. The van der Waals surface area contributed by atoms with Crippen LogP contribution in [0.1, 0.15) is 27.9 Å². The quantitative estimate of drug-likeness (QED) is 0.541. The van der Waals surface area contributed by atoms with Gasteiger partial charge in [-0.25, -0.2) is 4.98 Å². The number of aromatic nitrogens is 1. The Hall–Kier alpha value is -1.78. The highest BCUT2D eigenvalue weighted by Gasteiger charge is 2.47. The van der Waals surface area contributed by atoms with Crippen molar-refractivity contribution in [3.05, 3.63) is 91.7 Å². The first-order chi connectivity index (χ1) is 12.4. The Labute approximate surface area is 166 Å². The number of pyridine rings is 1. The average molecular weight is 407 g/mol. The van der Waals surface area contributed by atoms with Crippen LogP contribution in [0.4, 0.5) is 0 Å². The van der Waals surface area contributed by atoms with Crippen LogP contribution in [-0.4, -0.2) is 10.1 Å². The predicted octanol–water partition coefficient (Wildman–Crippen LogP) is 5.88. The number of hydrogen-bond acceptors (Lipinski definition) is 3. The number of ether oxygens (including phenoxy) is 1. The van der Waals surface area contributed by atoms with Crippen molar-refractivity contribution >= 4 is 34.8 Å². The number of aromatic hydroxyl groups is 1. The largest absolute Gasteiger partial charge is 0.506 e. The SMILES string of the molecule is Cc1nc(Cl)c2c(c1O)COC2(c1ccc(Cl)cc1)c1ccc(Cl)cc1. The Morgan fingerprint density at radius 3 is 1.92 bits per heavy atom. The Balaban J connectivity index is 2.06. The van der Waals surface area contributed by atoms with Gasteiger partial charge in [0.25, 0.3) is 0 Å². The molecule has 4 rings (SSSR count). The van der Waals surface area contributed by atoms with Gasteiger partial charge in [0.05, 0.1) is 12.3 Å². The molecular weight excluding hydrogens is 393 g/mol. The van der Waals surface area contributed by atoms with E-state index in [1.807, 2.05) is 24.3 Å². The highest BCUT2D eigenvalue weighted by molar-refractivity contribution is 6.31. The fourth-order valence-electron chi connectivity index (χ4n) is 3.46. The topological polar surface area (TPSA) is 42.4 Å². The number of benzene rings is 2. The standard InChI is InChI=1S/C20H14Cl3NO2/c1-11-18(25)16-10-26-20(17(16)19(23)24-11,12-2-6-14(21)7-3-12)13-4-8-15(22)9-5-13/h2-9,25H,10H2,1H3. The van der Waals surface area contributed by atoms with E-state index in [4.69, 9.17) is 39.5 Å². The molecule has 1 N–H and O–H groups in total. The summed E-state index contributed by atoms with van der Waals surface area (Å²) in [6.07, 6.45) is 0. The summed E-state index contributed by atoms with van der Waals surface area (Å²) in [5.74, 6) is 0.106. The Kier molecular flexibility index (Phi) is 4.36. The minimum atomic E-state index is -1.00. The lowest BCUT2D eigenvalue weighted by Gasteiger charge is -2.31. The first-order valence-electron chi connectivity index (χ1n) is 7.98. The molecule has 3 aromatic rings. The minimum Gasteiger partial charge on any atom is -0.506 e. The summed E-state index contributed by atoms with van der Waals surface area (Å²) in [6.45, 7) is 1.93. The van der Waals surface area contributed by atoms with E-state index in [0.717, 1.165) is 11.1 Å². The molecule has 1 aromatic heterocycles. The fourth-order valence-corrected chi connectivity index (χ4v) is 4.09. The van der Waals surface area contributed by atoms with Gasteiger partial charge in [0.1, 0.15) is 16.5 Å². The Bertz CT molecular complexity index is 940. The van der Waals surface area contributed by atoms with Crippen molar-refractivity contribution in [1.82, 2.24) is 4.98 Å². The summed E-state index contributed by atoms with van der Waals surface area (Å²) in [6, 6.07) is 14.7. The smallest absolute Gasteiger partial charge is 0.147 e. The van der Waals surface area contributed by atoms with Gasteiger partial charge in [0, 0.05) is 21.2 Å². The molecule has 1 aliphatic heterocycles. The van der Waals surface area contributed by atoms with Crippen LogP contribution in [0.5, 0.6) is 5.75 Å². The van der Waals surface area contributed by atoms with Crippen LogP contribution in [0.25, 0.3) is 0 Å². The van der Waals surface area contributed by atoms with Gasteiger partial charge in [-0.2, -0.15) is 0 Å². The van der Waals surface area contributed by atoms with Crippen LogP contribution in [0, 0.1) is 6.92 Å². The summed E-state index contributed by atoms with van der Waals surface area (Å²) in [4.78, 5) is 4.31. The Morgan fingerprint density at radius 2 is 1.42 bits per heavy atom. The second kappa shape index (κ2) is 6.43. The molecule has 0 aliphatic carbocycles. The monoisotopic (exact) mass is 405 g/mol. The molecule has 0 fully saturated rings. The van der Waals surface area contributed by atoms with Crippen LogP contribution in [0.2, 0.25) is 15.2 Å². The van der Waals surface area contributed by atoms with Crippen molar-refractivity contribution in [1.29, 1.82) is 0 Å². The zero-order chi connectivity index (χ0) is 18.5. The minimum absolute atomic E-state index is 0.106. The van der Waals surface area contributed by atoms with Crippen molar-refractivity contribution < 1.29 is 9.84 Å². The summed E-state index contributed by atoms with van der Waals surface area (Å²) < 4.78 is 6.31. The molecular formula is C20H14Cl3NO2.